The number of hydrogen-bond donors (Lipinski definition) is 1. The van der Waals surface area contributed by atoms with E-state index in [1.165, 1.54) is 5.56 Å². The van der Waals surface area contributed by atoms with Gasteiger partial charge in [-0.2, -0.15) is 0 Å². The second-order valence-electron chi connectivity index (χ2n) is 5.46. The topological polar surface area (TPSA) is 55.2 Å². The summed E-state index contributed by atoms with van der Waals surface area (Å²) in [7, 11) is 0. The first kappa shape index (κ1) is 15.0. The molecule has 0 heterocycles. The van der Waals surface area contributed by atoms with E-state index in [1.807, 2.05) is 12.1 Å². The van der Waals surface area contributed by atoms with Crippen LogP contribution in [0.2, 0.25) is 0 Å². The van der Waals surface area contributed by atoms with Crippen molar-refractivity contribution in [3.63, 3.8) is 0 Å². The van der Waals surface area contributed by atoms with E-state index in [9.17, 15) is 10.1 Å². The fourth-order valence-electron chi connectivity index (χ4n) is 2.33. The third kappa shape index (κ3) is 3.60. The maximum atomic E-state index is 10.7. The molecule has 1 unspecified atom stereocenters. The molecule has 0 spiro atoms. The summed E-state index contributed by atoms with van der Waals surface area (Å²) in [6.45, 7) is 6.38. The molecule has 0 amide bonds. The SMILES string of the molecule is CC(C)c1ccccc1NC(C)c1ccc([N+](=O)[O-])cc1. The Bertz CT molecular complexity index is 621. The van der Waals surface area contributed by atoms with E-state index < -0.39 is 0 Å². The highest BCUT2D eigenvalue weighted by atomic mass is 16.6. The number of anilines is 1. The van der Waals surface area contributed by atoms with Crippen LogP contribution < -0.4 is 5.32 Å². The molecule has 4 heteroatoms. The molecule has 2 aromatic carbocycles. The van der Waals surface area contributed by atoms with E-state index in [-0.39, 0.29) is 16.7 Å². The molecule has 0 saturated carbocycles. The number of benzene rings is 2. The number of para-hydroxylation sites is 1. The number of nitro groups is 1. The Kier molecular flexibility index (Phi) is 4.58. The number of nitrogens with zero attached hydrogens (tertiary/aromatic N) is 1. The summed E-state index contributed by atoms with van der Waals surface area (Å²) >= 11 is 0. The zero-order valence-corrected chi connectivity index (χ0v) is 12.5. The van der Waals surface area contributed by atoms with Crippen molar-refractivity contribution in [2.24, 2.45) is 0 Å². The van der Waals surface area contributed by atoms with Gasteiger partial charge in [0.1, 0.15) is 0 Å². The molecule has 0 aliphatic heterocycles. The fraction of sp³-hybridized carbons (Fsp3) is 0.294. The van der Waals surface area contributed by atoms with E-state index in [2.05, 4.69) is 38.2 Å². The quantitative estimate of drug-likeness (QED) is 0.628. The first-order chi connectivity index (χ1) is 9.99. The van der Waals surface area contributed by atoms with E-state index in [0.717, 1.165) is 11.3 Å². The third-order valence-electron chi connectivity index (χ3n) is 3.56. The third-order valence-corrected chi connectivity index (χ3v) is 3.56. The van der Waals surface area contributed by atoms with Crippen molar-refractivity contribution in [3.8, 4) is 0 Å². The highest BCUT2D eigenvalue weighted by Gasteiger charge is 2.11. The van der Waals surface area contributed by atoms with Crippen LogP contribution >= 0.6 is 0 Å². The summed E-state index contributed by atoms with van der Waals surface area (Å²) in [5, 5.41) is 14.2. The lowest BCUT2D eigenvalue weighted by molar-refractivity contribution is -0.384. The standard InChI is InChI=1S/C17H20N2O2/c1-12(2)16-6-4-5-7-17(16)18-13(3)14-8-10-15(11-9-14)19(20)21/h4-13,18H,1-3H3. The molecule has 0 aliphatic rings. The zero-order valence-electron chi connectivity index (χ0n) is 12.5. The predicted octanol–water partition coefficient (Wildman–Crippen LogP) is 4.89. The highest BCUT2D eigenvalue weighted by molar-refractivity contribution is 5.54. The summed E-state index contributed by atoms with van der Waals surface area (Å²) in [5.41, 5.74) is 3.53. The molecule has 110 valence electrons. The van der Waals surface area contributed by atoms with Gasteiger partial charge in [0.2, 0.25) is 0 Å². The average molecular weight is 284 g/mol. The van der Waals surface area contributed by atoms with Crippen molar-refractivity contribution < 1.29 is 4.92 Å². The molecule has 0 fully saturated rings. The van der Waals surface area contributed by atoms with Crippen LogP contribution in [0.15, 0.2) is 48.5 Å². The first-order valence-electron chi connectivity index (χ1n) is 7.09. The fourth-order valence-corrected chi connectivity index (χ4v) is 2.33. The van der Waals surface area contributed by atoms with Crippen LogP contribution in [-0.2, 0) is 0 Å². The van der Waals surface area contributed by atoms with E-state index >= 15 is 0 Å². The molecular weight excluding hydrogens is 264 g/mol. The molecule has 0 aromatic heterocycles. The van der Waals surface area contributed by atoms with Crippen LogP contribution in [0.25, 0.3) is 0 Å². The van der Waals surface area contributed by atoms with E-state index in [0.29, 0.717) is 5.92 Å². The van der Waals surface area contributed by atoms with Crippen molar-refractivity contribution in [1.29, 1.82) is 0 Å². The van der Waals surface area contributed by atoms with Gasteiger partial charge in [0.25, 0.3) is 5.69 Å². The van der Waals surface area contributed by atoms with E-state index in [4.69, 9.17) is 0 Å². The van der Waals surface area contributed by atoms with Gasteiger partial charge in [0.15, 0.2) is 0 Å². The molecule has 2 rings (SSSR count). The molecule has 21 heavy (non-hydrogen) atoms. The van der Waals surface area contributed by atoms with Gasteiger partial charge in [0, 0.05) is 23.9 Å². The number of rotatable bonds is 5. The van der Waals surface area contributed by atoms with Crippen LogP contribution in [0, 0.1) is 10.1 Å². The molecule has 1 N–H and O–H groups in total. The van der Waals surface area contributed by atoms with Crippen LogP contribution in [0.3, 0.4) is 0 Å². The number of nitrogens with one attached hydrogen (secondary N) is 1. The van der Waals surface area contributed by atoms with Crippen molar-refractivity contribution in [1.82, 2.24) is 0 Å². The van der Waals surface area contributed by atoms with Gasteiger partial charge >= 0.3 is 0 Å². The minimum Gasteiger partial charge on any atom is -0.378 e. The smallest absolute Gasteiger partial charge is 0.269 e. The number of non-ortho nitro benzene ring substituents is 1. The van der Waals surface area contributed by atoms with Crippen LogP contribution in [0.1, 0.15) is 43.9 Å². The summed E-state index contributed by atoms with van der Waals surface area (Å²) in [6.07, 6.45) is 0. The molecule has 0 aliphatic carbocycles. The lowest BCUT2D eigenvalue weighted by Gasteiger charge is -2.20. The minimum absolute atomic E-state index is 0.0886. The molecule has 0 bridgehead atoms. The van der Waals surface area contributed by atoms with E-state index in [1.54, 1.807) is 24.3 Å². The summed E-state index contributed by atoms with van der Waals surface area (Å²) in [4.78, 5) is 10.3. The van der Waals surface area contributed by atoms with Crippen molar-refractivity contribution in [2.45, 2.75) is 32.7 Å². The first-order valence-corrected chi connectivity index (χ1v) is 7.09. The molecule has 4 nitrogen and oxygen atoms in total. The Hall–Kier alpha value is -2.36. The monoisotopic (exact) mass is 284 g/mol. The van der Waals surface area contributed by atoms with Gasteiger partial charge in [-0.1, -0.05) is 44.2 Å². The summed E-state index contributed by atoms with van der Waals surface area (Å²) < 4.78 is 0. The summed E-state index contributed by atoms with van der Waals surface area (Å²) in [5.74, 6) is 0.442. The molecule has 0 saturated heterocycles. The molecule has 2 aromatic rings. The number of hydrogen-bond acceptors (Lipinski definition) is 3. The van der Waals surface area contributed by atoms with Crippen LogP contribution in [0.4, 0.5) is 11.4 Å². The molecule has 0 radical (unpaired) electrons. The van der Waals surface area contributed by atoms with Crippen LogP contribution in [-0.4, -0.2) is 4.92 Å². The Morgan fingerprint density at radius 1 is 1.00 bits per heavy atom. The van der Waals surface area contributed by atoms with Gasteiger partial charge < -0.3 is 5.32 Å². The van der Waals surface area contributed by atoms with Gasteiger partial charge in [-0.05, 0) is 30.0 Å². The highest BCUT2D eigenvalue weighted by Crippen LogP contribution is 2.28. The van der Waals surface area contributed by atoms with Crippen molar-refractivity contribution in [3.05, 3.63) is 69.8 Å². The maximum Gasteiger partial charge on any atom is 0.269 e. The maximum absolute atomic E-state index is 10.7. The van der Waals surface area contributed by atoms with Gasteiger partial charge in [0.05, 0.1) is 4.92 Å². The molecular formula is C17H20N2O2. The van der Waals surface area contributed by atoms with Gasteiger partial charge in [-0.25, -0.2) is 0 Å². The lowest BCUT2D eigenvalue weighted by atomic mass is 10.00. The molecule has 1 atom stereocenters. The Balaban J connectivity index is 2.18. The average Bonchev–Trinajstić information content (AvgIpc) is 2.47. The van der Waals surface area contributed by atoms with Crippen molar-refractivity contribution in [2.75, 3.05) is 5.32 Å². The minimum atomic E-state index is -0.379. The second kappa shape index (κ2) is 6.39. The van der Waals surface area contributed by atoms with Gasteiger partial charge in [-0.15, -0.1) is 0 Å². The lowest BCUT2D eigenvalue weighted by Crippen LogP contribution is -2.09. The van der Waals surface area contributed by atoms with Crippen LogP contribution in [0.5, 0.6) is 0 Å². The predicted molar refractivity (Wildman–Crippen MR) is 85.7 cm³/mol. The van der Waals surface area contributed by atoms with Gasteiger partial charge in [-0.3, -0.25) is 10.1 Å². The largest absolute Gasteiger partial charge is 0.378 e. The Morgan fingerprint density at radius 2 is 1.62 bits per heavy atom. The normalized spacial score (nSPS) is 12.2. The second-order valence-corrected chi connectivity index (χ2v) is 5.46. The zero-order chi connectivity index (χ0) is 15.4. The Labute approximate surface area is 125 Å². The summed E-state index contributed by atoms with van der Waals surface area (Å²) in [6, 6.07) is 15.0. The Morgan fingerprint density at radius 3 is 2.19 bits per heavy atom. The number of nitro benzene ring substituents is 1. The van der Waals surface area contributed by atoms with Crippen molar-refractivity contribution >= 4 is 11.4 Å².